The lowest BCUT2D eigenvalue weighted by Crippen LogP contribution is -2.09. The minimum atomic E-state index is 0.0442. The van der Waals surface area contributed by atoms with Gasteiger partial charge in [-0.3, -0.25) is 4.79 Å². The molecule has 0 amide bonds. The highest BCUT2D eigenvalue weighted by Gasteiger charge is 2.07. The quantitative estimate of drug-likeness (QED) is 0.564. The molecule has 0 saturated carbocycles. The average molecular weight is 325 g/mol. The number of hydrogen-bond acceptors (Lipinski definition) is 5. The maximum atomic E-state index is 11.3. The lowest BCUT2D eigenvalue weighted by Gasteiger charge is -2.06. The molecule has 23 heavy (non-hydrogen) atoms. The first kappa shape index (κ1) is 15.2. The van der Waals surface area contributed by atoms with Crippen LogP contribution in [0.5, 0.6) is 0 Å². The second kappa shape index (κ2) is 6.58. The van der Waals surface area contributed by atoms with Crippen molar-refractivity contribution in [3.05, 3.63) is 65.0 Å². The van der Waals surface area contributed by atoms with Crippen LogP contribution >= 0.6 is 12.2 Å². The molecule has 3 aromatic rings. The monoisotopic (exact) mass is 325 g/mol. The molecule has 0 aliphatic carbocycles. The van der Waals surface area contributed by atoms with Crippen molar-refractivity contribution in [1.82, 2.24) is 9.78 Å². The molecule has 0 aliphatic rings. The van der Waals surface area contributed by atoms with Gasteiger partial charge < -0.3 is 9.73 Å². The standard InChI is InChI=1S/C17H15N3O2S/c1-12(21)13-7-9-15(10-8-13)18-11-20-17(23)22-16(19-20)14-5-3-2-4-6-14/h2-10,18H,11H2,1H3. The van der Waals surface area contributed by atoms with E-state index in [2.05, 4.69) is 10.4 Å². The number of benzene rings is 2. The molecule has 6 heteroatoms. The van der Waals surface area contributed by atoms with Crippen molar-refractivity contribution in [3.63, 3.8) is 0 Å². The Kier molecular flexibility index (Phi) is 4.34. The molecule has 1 N–H and O–H groups in total. The fourth-order valence-corrected chi connectivity index (χ4v) is 2.28. The zero-order valence-electron chi connectivity index (χ0n) is 12.5. The van der Waals surface area contributed by atoms with Crippen molar-refractivity contribution in [2.24, 2.45) is 0 Å². The summed E-state index contributed by atoms with van der Waals surface area (Å²) in [5.74, 6) is 0.534. The van der Waals surface area contributed by atoms with Crippen molar-refractivity contribution in [3.8, 4) is 11.5 Å². The Labute approximate surface area is 138 Å². The number of nitrogens with one attached hydrogen (secondary N) is 1. The zero-order chi connectivity index (χ0) is 16.2. The number of rotatable bonds is 5. The molecule has 1 heterocycles. The summed E-state index contributed by atoms with van der Waals surface area (Å²) in [6, 6.07) is 16.9. The van der Waals surface area contributed by atoms with Crippen LogP contribution in [-0.2, 0) is 6.67 Å². The fourth-order valence-electron chi connectivity index (χ4n) is 2.09. The fraction of sp³-hybridized carbons (Fsp3) is 0.118. The van der Waals surface area contributed by atoms with Crippen LogP contribution in [0.2, 0.25) is 0 Å². The minimum absolute atomic E-state index is 0.0442. The summed E-state index contributed by atoms with van der Waals surface area (Å²) >= 11 is 5.19. The van der Waals surface area contributed by atoms with Crippen LogP contribution in [0.25, 0.3) is 11.5 Å². The SMILES string of the molecule is CC(=O)c1ccc(NCn2nc(-c3ccccc3)oc2=S)cc1. The molecule has 0 spiro atoms. The van der Waals surface area contributed by atoms with Gasteiger partial charge in [-0.2, -0.15) is 0 Å². The van der Waals surface area contributed by atoms with Gasteiger partial charge in [-0.15, -0.1) is 5.10 Å². The number of nitrogens with zero attached hydrogens (tertiary/aromatic N) is 2. The van der Waals surface area contributed by atoms with Crippen LogP contribution < -0.4 is 5.32 Å². The number of Topliss-reactive ketones (excluding diaryl/α,β-unsaturated/α-hetero) is 1. The third-order valence-electron chi connectivity index (χ3n) is 3.35. The third kappa shape index (κ3) is 3.54. The van der Waals surface area contributed by atoms with E-state index in [4.69, 9.17) is 16.6 Å². The smallest absolute Gasteiger partial charge is 0.289 e. The van der Waals surface area contributed by atoms with Crippen LogP contribution in [0, 0.1) is 4.84 Å². The van der Waals surface area contributed by atoms with Gasteiger partial charge in [-0.25, -0.2) is 4.68 Å². The van der Waals surface area contributed by atoms with Gasteiger partial charge >= 0.3 is 0 Å². The van der Waals surface area contributed by atoms with Crippen LogP contribution in [0.15, 0.2) is 59.0 Å². The molecule has 1 aromatic heterocycles. The van der Waals surface area contributed by atoms with E-state index in [1.54, 1.807) is 23.7 Å². The van der Waals surface area contributed by atoms with Gasteiger partial charge in [0.05, 0.1) is 0 Å². The van der Waals surface area contributed by atoms with Crippen molar-refractivity contribution in [1.29, 1.82) is 0 Å². The van der Waals surface area contributed by atoms with E-state index in [-0.39, 0.29) is 5.78 Å². The number of carbonyl (C=O) groups is 1. The molecule has 0 atom stereocenters. The summed E-state index contributed by atoms with van der Waals surface area (Å²) in [4.78, 5) is 11.6. The van der Waals surface area contributed by atoms with Crippen molar-refractivity contribution in [2.75, 3.05) is 5.32 Å². The summed E-state index contributed by atoms with van der Waals surface area (Å²) in [6.45, 7) is 1.93. The number of aromatic nitrogens is 2. The molecule has 0 unspecified atom stereocenters. The van der Waals surface area contributed by atoms with Crippen LogP contribution in [0.3, 0.4) is 0 Å². The third-order valence-corrected chi connectivity index (χ3v) is 3.65. The summed E-state index contributed by atoms with van der Waals surface area (Å²) in [7, 11) is 0. The van der Waals surface area contributed by atoms with Gasteiger partial charge in [0, 0.05) is 16.8 Å². The Morgan fingerprint density at radius 3 is 2.52 bits per heavy atom. The molecule has 3 rings (SSSR count). The number of anilines is 1. The second-order valence-corrected chi connectivity index (χ2v) is 5.36. The highest BCUT2D eigenvalue weighted by atomic mass is 32.1. The number of ketones is 1. The Morgan fingerprint density at radius 2 is 1.87 bits per heavy atom. The summed E-state index contributed by atoms with van der Waals surface area (Å²) in [5.41, 5.74) is 2.43. The average Bonchev–Trinajstić information content (AvgIpc) is 2.95. The van der Waals surface area contributed by atoms with Crippen molar-refractivity contribution >= 4 is 23.7 Å². The van der Waals surface area contributed by atoms with Crippen LogP contribution in [-0.4, -0.2) is 15.6 Å². The molecule has 0 aliphatic heterocycles. The maximum absolute atomic E-state index is 11.3. The normalized spacial score (nSPS) is 10.5. The molecule has 0 bridgehead atoms. The van der Waals surface area contributed by atoms with E-state index in [1.807, 2.05) is 42.5 Å². The highest BCUT2D eigenvalue weighted by Crippen LogP contribution is 2.17. The van der Waals surface area contributed by atoms with Crippen molar-refractivity contribution in [2.45, 2.75) is 13.6 Å². The highest BCUT2D eigenvalue weighted by molar-refractivity contribution is 7.71. The predicted octanol–water partition coefficient (Wildman–Crippen LogP) is 4.14. The van der Waals surface area contributed by atoms with E-state index in [0.717, 1.165) is 11.3 Å². The Morgan fingerprint density at radius 1 is 1.17 bits per heavy atom. The Bertz CT molecular complexity index is 867. The van der Waals surface area contributed by atoms with Gasteiger partial charge in [0.25, 0.3) is 4.84 Å². The number of hydrogen-bond donors (Lipinski definition) is 1. The Hall–Kier alpha value is -2.73. The van der Waals surface area contributed by atoms with E-state index in [1.165, 1.54) is 0 Å². The largest absolute Gasteiger partial charge is 0.409 e. The van der Waals surface area contributed by atoms with E-state index >= 15 is 0 Å². The van der Waals surface area contributed by atoms with E-state index in [9.17, 15) is 4.79 Å². The maximum Gasteiger partial charge on any atom is 0.289 e. The van der Waals surface area contributed by atoms with Crippen molar-refractivity contribution < 1.29 is 9.21 Å². The summed E-state index contributed by atoms with van der Waals surface area (Å²) in [6.07, 6.45) is 0. The van der Waals surface area contributed by atoms with Gasteiger partial charge in [-0.1, -0.05) is 18.2 Å². The molecule has 0 saturated heterocycles. The summed E-state index contributed by atoms with van der Waals surface area (Å²) < 4.78 is 7.10. The summed E-state index contributed by atoms with van der Waals surface area (Å²) in [5, 5.41) is 7.57. The molecule has 0 fully saturated rings. The molecule has 2 aromatic carbocycles. The van der Waals surface area contributed by atoms with E-state index < -0.39 is 0 Å². The first-order chi connectivity index (χ1) is 11.1. The van der Waals surface area contributed by atoms with E-state index in [0.29, 0.717) is 23.0 Å². The Balaban J connectivity index is 1.72. The van der Waals surface area contributed by atoms with Gasteiger partial charge in [0.1, 0.15) is 6.67 Å². The zero-order valence-corrected chi connectivity index (χ0v) is 13.3. The molecular weight excluding hydrogens is 310 g/mol. The minimum Gasteiger partial charge on any atom is -0.409 e. The topological polar surface area (TPSA) is 60.1 Å². The van der Waals surface area contributed by atoms with Gasteiger partial charge in [0.15, 0.2) is 5.78 Å². The molecule has 0 radical (unpaired) electrons. The lowest BCUT2D eigenvalue weighted by atomic mass is 10.1. The van der Waals surface area contributed by atoms with Crippen LogP contribution in [0.1, 0.15) is 17.3 Å². The second-order valence-electron chi connectivity index (χ2n) is 5.01. The first-order valence-corrected chi connectivity index (χ1v) is 7.52. The van der Waals surface area contributed by atoms with Crippen LogP contribution in [0.4, 0.5) is 5.69 Å². The molecule has 116 valence electrons. The lowest BCUT2D eigenvalue weighted by molar-refractivity contribution is 0.101. The van der Waals surface area contributed by atoms with Gasteiger partial charge in [0.2, 0.25) is 5.89 Å². The number of carbonyl (C=O) groups excluding carboxylic acids is 1. The first-order valence-electron chi connectivity index (χ1n) is 7.12. The molecule has 5 nitrogen and oxygen atoms in total. The molecular formula is C17H15N3O2S. The van der Waals surface area contributed by atoms with Gasteiger partial charge in [-0.05, 0) is 55.5 Å². The predicted molar refractivity (Wildman–Crippen MR) is 90.8 cm³/mol.